The first kappa shape index (κ1) is 14.7. The number of aromatic carboxylic acids is 1. The van der Waals surface area contributed by atoms with Gasteiger partial charge in [0.05, 0.1) is 5.56 Å². The molecule has 0 aromatic heterocycles. The van der Waals surface area contributed by atoms with Crippen LogP contribution in [0.15, 0.2) is 49.9 Å². The highest BCUT2D eigenvalue weighted by Gasteiger charge is 2.16. The Kier molecular flexibility index (Phi) is 4.45. The van der Waals surface area contributed by atoms with E-state index < -0.39 is 5.97 Å². The van der Waals surface area contributed by atoms with Crippen LogP contribution in [0.5, 0.6) is 0 Å². The number of carbonyl (C=O) groups is 1. The van der Waals surface area contributed by atoms with E-state index in [1.807, 2.05) is 0 Å². The monoisotopic (exact) mass is 326 g/mol. The summed E-state index contributed by atoms with van der Waals surface area (Å²) in [7, 11) is 0. The maximum Gasteiger partial charge on any atom is 0.337 e. The summed E-state index contributed by atoms with van der Waals surface area (Å²) >= 11 is 17.1. The number of benzene rings is 2. The van der Waals surface area contributed by atoms with Crippen molar-refractivity contribution in [3.05, 3.63) is 35.9 Å². The maximum atomic E-state index is 11.4. The zero-order valence-electron chi connectivity index (χ0n) is 9.53. The van der Waals surface area contributed by atoms with Crippen LogP contribution in [0.25, 0.3) is 11.1 Å². The Morgan fingerprint density at radius 2 is 1.53 bits per heavy atom. The minimum atomic E-state index is -1.02. The summed E-state index contributed by atoms with van der Waals surface area (Å²) in [6.45, 7) is 0. The molecule has 0 atom stereocenters. The summed E-state index contributed by atoms with van der Waals surface area (Å²) in [5, 5.41) is 9.30. The first-order valence-electron chi connectivity index (χ1n) is 5.22. The van der Waals surface area contributed by atoms with Crippen LogP contribution in [0, 0.1) is 0 Å². The molecule has 0 bridgehead atoms. The second-order valence-corrected chi connectivity index (χ2v) is 5.76. The van der Waals surface area contributed by atoms with Gasteiger partial charge in [0.2, 0.25) is 0 Å². The predicted octanol–water partition coefficient (Wildman–Crippen LogP) is 4.21. The summed E-state index contributed by atoms with van der Waals surface area (Å²) < 4.78 is 0. The first-order valence-corrected chi connectivity index (χ1v) is 7.01. The first-order chi connectivity index (χ1) is 8.91. The minimum absolute atomic E-state index is 0.165. The van der Waals surface area contributed by atoms with E-state index in [0.29, 0.717) is 25.1 Å². The molecule has 2 rings (SSSR count). The molecule has 1 N–H and O–H groups in total. The van der Waals surface area contributed by atoms with Gasteiger partial charge in [-0.25, -0.2) is 4.79 Å². The molecular formula is C13H10O2S4. The van der Waals surface area contributed by atoms with E-state index >= 15 is 0 Å². The van der Waals surface area contributed by atoms with Gasteiger partial charge >= 0.3 is 5.97 Å². The Morgan fingerprint density at radius 1 is 0.947 bits per heavy atom. The van der Waals surface area contributed by atoms with E-state index in [2.05, 4.69) is 50.5 Å². The second kappa shape index (κ2) is 5.75. The molecule has 0 radical (unpaired) electrons. The lowest BCUT2D eigenvalue weighted by molar-refractivity contribution is 0.0694. The molecule has 0 unspecified atom stereocenters. The van der Waals surface area contributed by atoms with Crippen molar-refractivity contribution in [2.45, 2.75) is 19.6 Å². The molecule has 0 heterocycles. The third-order valence-electron chi connectivity index (χ3n) is 2.64. The van der Waals surface area contributed by atoms with Crippen LogP contribution in [0.4, 0.5) is 0 Å². The predicted molar refractivity (Wildman–Crippen MR) is 87.8 cm³/mol. The number of thiol groups is 4. The fraction of sp³-hybridized carbons (Fsp3) is 0. The van der Waals surface area contributed by atoms with Crippen molar-refractivity contribution in [1.29, 1.82) is 0 Å². The summed E-state index contributed by atoms with van der Waals surface area (Å²) in [4.78, 5) is 13.7. The van der Waals surface area contributed by atoms with Gasteiger partial charge in [-0.1, -0.05) is 12.1 Å². The molecule has 2 aromatic rings. The number of rotatable bonds is 2. The van der Waals surface area contributed by atoms with Crippen molar-refractivity contribution < 1.29 is 9.90 Å². The van der Waals surface area contributed by atoms with E-state index in [-0.39, 0.29) is 5.56 Å². The minimum Gasteiger partial charge on any atom is -0.478 e. The molecule has 6 heteroatoms. The van der Waals surface area contributed by atoms with Crippen molar-refractivity contribution in [3.8, 4) is 11.1 Å². The Labute approximate surface area is 132 Å². The molecule has 0 saturated heterocycles. The number of hydrogen-bond donors (Lipinski definition) is 5. The molecule has 2 nitrogen and oxygen atoms in total. The molecule has 2 aromatic carbocycles. The van der Waals surface area contributed by atoms with Crippen molar-refractivity contribution in [1.82, 2.24) is 0 Å². The molecule has 0 spiro atoms. The van der Waals surface area contributed by atoms with E-state index in [4.69, 9.17) is 0 Å². The van der Waals surface area contributed by atoms with Crippen LogP contribution in [-0.4, -0.2) is 11.1 Å². The average molecular weight is 326 g/mol. The van der Waals surface area contributed by atoms with Crippen LogP contribution < -0.4 is 0 Å². The van der Waals surface area contributed by atoms with Gasteiger partial charge in [0.25, 0.3) is 0 Å². The highest BCUT2D eigenvalue weighted by atomic mass is 32.1. The van der Waals surface area contributed by atoms with Crippen molar-refractivity contribution in [2.75, 3.05) is 0 Å². The van der Waals surface area contributed by atoms with Gasteiger partial charge in [-0.3, -0.25) is 0 Å². The van der Waals surface area contributed by atoms with Crippen molar-refractivity contribution >= 4 is 56.5 Å². The van der Waals surface area contributed by atoms with E-state index in [1.165, 1.54) is 0 Å². The Bertz CT molecular complexity index is 645. The van der Waals surface area contributed by atoms with Gasteiger partial charge in [-0.05, 0) is 29.3 Å². The lowest BCUT2D eigenvalue weighted by atomic mass is 9.99. The molecule has 98 valence electrons. The Hall–Kier alpha value is -0.690. The van der Waals surface area contributed by atoms with Crippen LogP contribution in [-0.2, 0) is 0 Å². The molecule has 0 saturated carbocycles. The molecule has 0 aliphatic rings. The van der Waals surface area contributed by atoms with Crippen LogP contribution in [0.3, 0.4) is 0 Å². The lowest BCUT2D eigenvalue weighted by Crippen LogP contribution is -2.01. The molecule has 19 heavy (non-hydrogen) atoms. The summed E-state index contributed by atoms with van der Waals surface area (Å²) in [5.74, 6) is -1.02. The molecular weight excluding hydrogens is 316 g/mol. The molecule has 0 fully saturated rings. The van der Waals surface area contributed by atoms with Crippen LogP contribution >= 0.6 is 50.5 Å². The highest BCUT2D eigenvalue weighted by molar-refractivity contribution is 7.85. The average Bonchev–Trinajstić information content (AvgIpc) is 2.34. The second-order valence-electron chi connectivity index (χ2n) is 3.87. The molecule has 0 amide bonds. The summed E-state index contributed by atoms with van der Waals surface area (Å²) in [6, 6.07) is 8.67. The van der Waals surface area contributed by atoms with Gasteiger partial charge in [-0.2, -0.15) is 0 Å². The standard InChI is InChI=1S/C13H10O2S4/c14-13(15)11-7(2-1-3-8(11)16)6-4-9(17)12(19)10(18)5-6/h1-5,16-19H,(H,14,15). The number of carboxylic acids is 1. The Balaban J connectivity index is 2.73. The van der Waals surface area contributed by atoms with Gasteiger partial charge < -0.3 is 5.11 Å². The normalized spacial score (nSPS) is 10.5. The largest absolute Gasteiger partial charge is 0.478 e. The van der Waals surface area contributed by atoms with Crippen molar-refractivity contribution in [2.24, 2.45) is 0 Å². The fourth-order valence-corrected chi connectivity index (χ4v) is 2.80. The topological polar surface area (TPSA) is 37.3 Å². The maximum absolute atomic E-state index is 11.4. The third kappa shape index (κ3) is 2.91. The number of hydrogen-bond acceptors (Lipinski definition) is 5. The zero-order chi connectivity index (χ0) is 14.2. The van der Waals surface area contributed by atoms with Gasteiger partial charge in [0.15, 0.2) is 0 Å². The zero-order valence-corrected chi connectivity index (χ0v) is 13.1. The highest BCUT2D eigenvalue weighted by Crippen LogP contribution is 2.35. The SMILES string of the molecule is O=C(O)c1c(S)cccc1-c1cc(S)c(S)c(S)c1. The van der Waals surface area contributed by atoms with E-state index in [1.54, 1.807) is 30.3 Å². The van der Waals surface area contributed by atoms with E-state index in [9.17, 15) is 9.90 Å². The van der Waals surface area contributed by atoms with Gasteiger partial charge in [0, 0.05) is 19.6 Å². The van der Waals surface area contributed by atoms with Gasteiger partial charge in [0.1, 0.15) is 0 Å². The Morgan fingerprint density at radius 3 is 2.05 bits per heavy atom. The summed E-state index contributed by atoms with van der Waals surface area (Å²) in [6.07, 6.45) is 0. The van der Waals surface area contributed by atoms with Gasteiger partial charge in [-0.15, -0.1) is 50.5 Å². The molecule has 0 aliphatic heterocycles. The van der Waals surface area contributed by atoms with Crippen LogP contribution in [0.1, 0.15) is 10.4 Å². The van der Waals surface area contributed by atoms with Crippen LogP contribution in [0.2, 0.25) is 0 Å². The fourth-order valence-electron chi connectivity index (χ4n) is 1.77. The number of carboxylic acid groups (broad SMARTS) is 1. The van der Waals surface area contributed by atoms with E-state index in [0.717, 1.165) is 5.56 Å². The quantitative estimate of drug-likeness (QED) is 0.536. The third-order valence-corrected chi connectivity index (χ3v) is 4.55. The van der Waals surface area contributed by atoms with Crippen molar-refractivity contribution in [3.63, 3.8) is 0 Å². The summed E-state index contributed by atoms with van der Waals surface area (Å²) in [5.41, 5.74) is 1.47. The molecule has 0 aliphatic carbocycles. The smallest absolute Gasteiger partial charge is 0.337 e. The lowest BCUT2D eigenvalue weighted by Gasteiger charge is -2.11.